The van der Waals surface area contributed by atoms with E-state index in [4.69, 9.17) is 11.6 Å². The number of hydrogen-bond donors (Lipinski definition) is 1. The number of hydrogen-bond acceptors (Lipinski definition) is 3. The molecule has 5 nitrogen and oxygen atoms in total. The molecule has 0 saturated heterocycles. The van der Waals surface area contributed by atoms with Crippen LogP contribution in [0.5, 0.6) is 0 Å². The molecule has 0 fully saturated rings. The summed E-state index contributed by atoms with van der Waals surface area (Å²) < 4.78 is 15.1. The maximum atomic E-state index is 13.3. The molecule has 4 aromatic rings. The summed E-state index contributed by atoms with van der Waals surface area (Å²) in [4.78, 5) is 21.3. The Morgan fingerprint density at radius 1 is 1.15 bits per heavy atom. The van der Waals surface area contributed by atoms with Crippen LogP contribution >= 0.6 is 11.6 Å². The lowest BCUT2D eigenvalue weighted by Gasteiger charge is -2.08. The lowest BCUT2D eigenvalue weighted by atomic mass is 10.1. The van der Waals surface area contributed by atoms with E-state index >= 15 is 0 Å². The van der Waals surface area contributed by atoms with E-state index in [9.17, 15) is 9.18 Å². The van der Waals surface area contributed by atoms with Gasteiger partial charge in [-0.05, 0) is 61.0 Å². The van der Waals surface area contributed by atoms with Crippen LogP contribution in [0, 0.1) is 12.7 Å². The minimum atomic E-state index is -0.414. The molecule has 0 aliphatic carbocycles. The summed E-state index contributed by atoms with van der Waals surface area (Å²) in [7, 11) is 0. The van der Waals surface area contributed by atoms with Crippen LogP contribution < -0.4 is 5.32 Å². The first-order valence-electron chi connectivity index (χ1n) is 8.19. The number of benzene rings is 1. The zero-order chi connectivity index (χ0) is 19.0. The first kappa shape index (κ1) is 17.2. The predicted molar refractivity (Wildman–Crippen MR) is 103 cm³/mol. The molecule has 4 rings (SSSR count). The fourth-order valence-electron chi connectivity index (χ4n) is 2.78. The van der Waals surface area contributed by atoms with Gasteiger partial charge < -0.3 is 5.32 Å². The maximum Gasteiger partial charge on any atom is 0.275 e. The first-order valence-corrected chi connectivity index (χ1v) is 8.56. The number of halogens is 2. The largest absolute Gasteiger partial charge is 0.304 e. The van der Waals surface area contributed by atoms with Gasteiger partial charge in [0.25, 0.3) is 5.91 Å². The van der Waals surface area contributed by atoms with Crippen molar-refractivity contribution in [2.75, 3.05) is 5.32 Å². The van der Waals surface area contributed by atoms with Crippen molar-refractivity contribution in [3.63, 3.8) is 0 Å². The van der Waals surface area contributed by atoms with Gasteiger partial charge in [0.1, 0.15) is 28.7 Å². The summed E-state index contributed by atoms with van der Waals surface area (Å²) in [5.41, 5.74) is 3.12. The molecule has 0 unspecified atom stereocenters. The summed E-state index contributed by atoms with van der Waals surface area (Å²) in [5.74, 6) is -0.279. The monoisotopic (exact) mass is 380 g/mol. The van der Waals surface area contributed by atoms with Crippen molar-refractivity contribution in [3.05, 3.63) is 83.0 Å². The molecule has 0 aliphatic rings. The lowest BCUT2D eigenvalue weighted by Crippen LogP contribution is -2.15. The van der Waals surface area contributed by atoms with Crippen molar-refractivity contribution in [1.82, 2.24) is 14.4 Å². The zero-order valence-corrected chi connectivity index (χ0v) is 15.0. The highest BCUT2D eigenvalue weighted by Crippen LogP contribution is 2.29. The van der Waals surface area contributed by atoms with Crippen LogP contribution in [0.4, 0.5) is 10.2 Å². The minimum absolute atomic E-state index is 0.189. The summed E-state index contributed by atoms with van der Waals surface area (Å²) in [6, 6.07) is 12.9. The van der Waals surface area contributed by atoms with Gasteiger partial charge in [0, 0.05) is 23.0 Å². The van der Waals surface area contributed by atoms with Gasteiger partial charge in [-0.1, -0.05) is 11.6 Å². The van der Waals surface area contributed by atoms with Gasteiger partial charge in [0.2, 0.25) is 0 Å². The van der Waals surface area contributed by atoms with E-state index < -0.39 is 5.91 Å². The third-order valence-corrected chi connectivity index (χ3v) is 4.32. The van der Waals surface area contributed by atoms with Crippen LogP contribution in [-0.4, -0.2) is 20.3 Å². The quantitative estimate of drug-likeness (QED) is 0.558. The first-order chi connectivity index (χ1) is 13.0. The molecule has 27 heavy (non-hydrogen) atoms. The number of imidazole rings is 1. The van der Waals surface area contributed by atoms with E-state index in [1.165, 1.54) is 24.4 Å². The number of carbonyl (C=O) groups is 1. The molecule has 1 aromatic carbocycles. The van der Waals surface area contributed by atoms with Gasteiger partial charge in [0.05, 0.1) is 0 Å². The number of carbonyl (C=O) groups excluding carboxylic acids is 1. The molecule has 0 bridgehead atoms. The lowest BCUT2D eigenvalue weighted by molar-refractivity contribution is 0.102. The fourth-order valence-corrected chi connectivity index (χ4v) is 2.94. The van der Waals surface area contributed by atoms with Gasteiger partial charge in [-0.2, -0.15) is 0 Å². The summed E-state index contributed by atoms with van der Waals surface area (Å²) in [6.45, 7) is 1.96. The highest BCUT2D eigenvalue weighted by molar-refractivity contribution is 6.31. The normalized spacial score (nSPS) is 10.9. The van der Waals surface area contributed by atoms with Crippen LogP contribution in [0.25, 0.3) is 16.9 Å². The second kappa shape index (κ2) is 6.81. The molecule has 1 N–H and O–H groups in total. The zero-order valence-electron chi connectivity index (χ0n) is 14.3. The van der Waals surface area contributed by atoms with E-state index in [0.717, 1.165) is 5.56 Å². The van der Waals surface area contributed by atoms with Crippen LogP contribution in [0.15, 0.2) is 60.9 Å². The number of anilines is 1. The Balaban J connectivity index is 1.83. The number of nitrogens with one attached hydrogen (secondary N) is 1. The SMILES string of the molecule is Cc1ccn2c(NC(=O)c3cc(Cl)ccn3)c(-c3ccc(F)cc3)nc2c1. The van der Waals surface area contributed by atoms with E-state index in [0.29, 0.717) is 27.7 Å². The van der Waals surface area contributed by atoms with Crippen molar-refractivity contribution < 1.29 is 9.18 Å². The average molecular weight is 381 g/mol. The van der Waals surface area contributed by atoms with E-state index in [2.05, 4.69) is 15.3 Å². The molecule has 3 heterocycles. The molecular weight excluding hydrogens is 367 g/mol. The third kappa shape index (κ3) is 3.39. The topological polar surface area (TPSA) is 59.3 Å². The Labute approximate surface area is 159 Å². The summed E-state index contributed by atoms with van der Waals surface area (Å²) in [6.07, 6.45) is 3.29. The number of amides is 1. The average Bonchev–Trinajstić information content (AvgIpc) is 2.99. The number of rotatable bonds is 3. The minimum Gasteiger partial charge on any atom is -0.304 e. The van der Waals surface area contributed by atoms with Crippen molar-refractivity contribution in [2.24, 2.45) is 0 Å². The Hall–Kier alpha value is -3.25. The molecule has 0 atom stereocenters. The van der Waals surface area contributed by atoms with Crippen molar-refractivity contribution in [1.29, 1.82) is 0 Å². The van der Waals surface area contributed by atoms with Gasteiger partial charge in [-0.3, -0.25) is 14.2 Å². The predicted octanol–water partition coefficient (Wildman–Crippen LogP) is 4.75. The van der Waals surface area contributed by atoms with Gasteiger partial charge in [-0.15, -0.1) is 0 Å². The second-order valence-electron chi connectivity index (χ2n) is 6.06. The number of pyridine rings is 2. The second-order valence-corrected chi connectivity index (χ2v) is 6.50. The highest BCUT2D eigenvalue weighted by Gasteiger charge is 2.18. The van der Waals surface area contributed by atoms with Crippen LogP contribution in [-0.2, 0) is 0 Å². The number of aryl methyl sites for hydroxylation is 1. The number of aromatic nitrogens is 3. The van der Waals surface area contributed by atoms with Gasteiger partial charge in [-0.25, -0.2) is 9.37 Å². The molecule has 0 aliphatic heterocycles. The Bertz CT molecular complexity index is 1150. The Morgan fingerprint density at radius 3 is 2.67 bits per heavy atom. The molecule has 0 radical (unpaired) electrons. The van der Waals surface area contributed by atoms with Crippen molar-refractivity contribution in [3.8, 4) is 11.3 Å². The summed E-state index contributed by atoms with van der Waals surface area (Å²) in [5, 5.41) is 3.28. The van der Waals surface area contributed by atoms with E-state index in [1.807, 2.05) is 25.3 Å². The third-order valence-electron chi connectivity index (χ3n) is 4.09. The number of fused-ring (bicyclic) bond motifs is 1. The Kier molecular flexibility index (Phi) is 4.33. The fraction of sp³-hybridized carbons (Fsp3) is 0.0500. The molecule has 3 aromatic heterocycles. The molecule has 0 spiro atoms. The summed E-state index contributed by atoms with van der Waals surface area (Å²) >= 11 is 5.95. The van der Waals surface area contributed by atoms with Crippen LogP contribution in [0.1, 0.15) is 16.1 Å². The van der Waals surface area contributed by atoms with Gasteiger partial charge >= 0.3 is 0 Å². The Morgan fingerprint density at radius 2 is 1.93 bits per heavy atom. The van der Waals surface area contributed by atoms with E-state index in [-0.39, 0.29) is 11.5 Å². The smallest absolute Gasteiger partial charge is 0.275 e. The molecule has 7 heteroatoms. The van der Waals surface area contributed by atoms with Crippen molar-refractivity contribution in [2.45, 2.75) is 6.92 Å². The highest BCUT2D eigenvalue weighted by atomic mass is 35.5. The molecule has 0 saturated carbocycles. The molecular formula is C20H14ClFN4O. The number of nitrogens with zero attached hydrogens (tertiary/aromatic N) is 3. The van der Waals surface area contributed by atoms with Crippen molar-refractivity contribution >= 4 is 29.0 Å². The van der Waals surface area contributed by atoms with E-state index in [1.54, 1.807) is 22.6 Å². The maximum absolute atomic E-state index is 13.3. The standard InChI is InChI=1S/C20H14ClFN4O/c1-12-7-9-26-17(10-12)24-18(13-2-4-15(22)5-3-13)19(26)25-20(27)16-11-14(21)6-8-23-16/h2-11H,1H3,(H,25,27). The van der Waals surface area contributed by atoms with Gasteiger partial charge in [0.15, 0.2) is 0 Å². The van der Waals surface area contributed by atoms with Crippen LogP contribution in [0.3, 0.4) is 0 Å². The molecule has 1 amide bonds. The molecule has 134 valence electrons. The van der Waals surface area contributed by atoms with Crippen LogP contribution in [0.2, 0.25) is 5.02 Å².